The molecule has 0 aliphatic rings. The number of thiophene rings is 1. The van der Waals surface area contributed by atoms with Crippen molar-refractivity contribution >= 4 is 17.4 Å². The fourth-order valence-electron chi connectivity index (χ4n) is 2.26. The van der Waals surface area contributed by atoms with Gasteiger partial charge in [-0.2, -0.15) is 5.10 Å². The molecular formula is C14H17N5OS. The van der Waals surface area contributed by atoms with Crippen LogP contribution in [0, 0.1) is 13.8 Å². The largest absolute Gasteiger partial charge is 0.403 e. The fraction of sp³-hybridized carbons (Fsp3) is 0.357. The van der Waals surface area contributed by atoms with Gasteiger partial charge in [0.25, 0.3) is 5.89 Å². The number of hydrogen-bond acceptors (Lipinski definition) is 6. The average Bonchev–Trinajstić information content (AvgIpc) is 3.18. The molecule has 0 unspecified atom stereocenters. The van der Waals surface area contributed by atoms with Crippen molar-refractivity contribution in [3.63, 3.8) is 0 Å². The molecule has 0 amide bonds. The van der Waals surface area contributed by atoms with Gasteiger partial charge in [-0.25, -0.2) is 0 Å². The smallest absolute Gasteiger partial charge is 0.316 e. The molecule has 3 aromatic rings. The van der Waals surface area contributed by atoms with E-state index >= 15 is 0 Å². The quantitative estimate of drug-likeness (QED) is 0.783. The molecule has 0 aliphatic carbocycles. The lowest BCUT2D eigenvalue weighted by Crippen LogP contribution is -2.03. The lowest BCUT2D eigenvalue weighted by atomic mass is 10.2. The first-order valence-corrected chi connectivity index (χ1v) is 7.71. The fourth-order valence-corrected chi connectivity index (χ4v) is 2.90. The Kier molecular flexibility index (Phi) is 3.74. The van der Waals surface area contributed by atoms with Crippen LogP contribution in [-0.2, 0) is 13.1 Å². The second-order valence-electron chi connectivity index (χ2n) is 4.71. The zero-order valence-electron chi connectivity index (χ0n) is 12.3. The molecule has 0 atom stereocenters. The van der Waals surface area contributed by atoms with Gasteiger partial charge in [-0.1, -0.05) is 11.2 Å². The molecule has 110 valence electrons. The lowest BCUT2D eigenvalue weighted by Gasteiger charge is -2.03. The second-order valence-corrected chi connectivity index (χ2v) is 5.66. The van der Waals surface area contributed by atoms with E-state index in [0.29, 0.717) is 18.5 Å². The van der Waals surface area contributed by atoms with E-state index in [9.17, 15) is 0 Å². The van der Waals surface area contributed by atoms with E-state index in [4.69, 9.17) is 4.42 Å². The highest BCUT2D eigenvalue weighted by Crippen LogP contribution is 2.24. The summed E-state index contributed by atoms with van der Waals surface area (Å²) in [5.41, 5.74) is 3.37. The monoisotopic (exact) mass is 303 g/mol. The van der Waals surface area contributed by atoms with Gasteiger partial charge >= 0.3 is 6.01 Å². The molecule has 0 fully saturated rings. The van der Waals surface area contributed by atoms with Gasteiger partial charge in [0.05, 0.1) is 10.6 Å². The molecule has 0 spiro atoms. The molecule has 7 heteroatoms. The maximum Gasteiger partial charge on any atom is 0.316 e. The summed E-state index contributed by atoms with van der Waals surface area (Å²) < 4.78 is 7.61. The number of aryl methyl sites for hydroxylation is 2. The van der Waals surface area contributed by atoms with Gasteiger partial charge in [-0.15, -0.1) is 16.4 Å². The van der Waals surface area contributed by atoms with Gasteiger partial charge in [0.15, 0.2) is 0 Å². The molecule has 1 N–H and O–H groups in total. The SMILES string of the molecule is CCn1nc(C)c(CNc2nnc(-c3cccs3)o2)c1C. The molecule has 0 bridgehead atoms. The van der Waals surface area contributed by atoms with E-state index in [2.05, 4.69) is 34.5 Å². The van der Waals surface area contributed by atoms with Crippen LogP contribution < -0.4 is 5.32 Å². The van der Waals surface area contributed by atoms with Gasteiger partial charge in [-0.3, -0.25) is 4.68 Å². The van der Waals surface area contributed by atoms with Gasteiger partial charge in [0, 0.05) is 24.3 Å². The molecule has 3 rings (SSSR count). The molecule has 21 heavy (non-hydrogen) atoms. The molecule has 3 heterocycles. The third kappa shape index (κ3) is 2.69. The number of rotatable bonds is 5. The van der Waals surface area contributed by atoms with Crippen molar-refractivity contribution in [2.75, 3.05) is 5.32 Å². The van der Waals surface area contributed by atoms with Crippen molar-refractivity contribution in [2.24, 2.45) is 0 Å². The third-order valence-corrected chi connectivity index (χ3v) is 4.26. The Hall–Kier alpha value is -2.15. The Labute approximate surface area is 126 Å². The van der Waals surface area contributed by atoms with Crippen molar-refractivity contribution < 1.29 is 4.42 Å². The topological polar surface area (TPSA) is 68.8 Å². The summed E-state index contributed by atoms with van der Waals surface area (Å²) in [5, 5.41) is 17.7. The summed E-state index contributed by atoms with van der Waals surface area (Å²) in [4.78, 5) is 0.974. The standard InChI is InChI=1S/C14H17N5OS/c1-4-19-10(3)11(9(2)18-19)8-15-14-17-16-13(20-14)12-6-5-7-21-12/h5-7H,4,8H2,1-3H3,(H,15,17). The van der Waals surface area contributed by atoms with Gasteiger partial charge in [0.2, 0.25) is 0 Å². The minimum atomic E-state index is 0.432. The summed E-state index contributed by atoms with van der Waals surface area (Å²) >= 11 is 1.58. The maximum atomic E-state index is 5.61. The summed E-state index contributed by atoms with van der Waals surface area (Å²) in [6.45, 7) is 7.67. The van der Waals surface area contributed by atoms with Crippen LogP contribution in [-0.4, -0.2) is 20.0 Å². The second kappa shape index (κ2) is 5.69. The van der Waals surface area contributed by atoms with Crippen molar-refractivity contribution in [2.45, 2.75) is 33.9 Å². The number of anilines is 1. The van der Waals surface area contributed by atoms with Crippen LogP contribution in [0.4, 0.5) is 6.01 Å². The highest BCUT2D eigenvalue weighted by Gasteiger charge is 2.13. The maximum absolute atomic E-state index is 5.61. The van der Waals surface area contributed by atoms with E-state index in [1.54, 1.807) is 11.3 Å². The molecule has 3 aromatic heterocycles. The number of nitrogens with one attached hydrogen (secondary N) is 1. The molecular weight excluding hydrogens is 286 g/mol. The predicted octanol–water partition coefficient (Wildman–Crippen LogP) is 3.24. The average molecular weight is 303 g/mol. The number of nitrogens with zero attached hydrogens (tertiary/aromatic N) is 4. The summed E-state index contributed by atoms with van der Waals surface area (Å²) in [6.07, 6.45) is 0. The van der Waals surface area contributed by atoms with Crippen molar-refractivity contribution in [1.29, 1.82) is 0 Å². The molecule has 0 radical (unpaired) electrons. The van der Waals surface area contributed by atoms with E-state index in [0.717, 1.165) is 17.1 Å². The van der Waals surface area contributed by atoms with E-state index in [-0.39, 0.29) is 0 Å². The van der Waals surface area contributed by atoms with E-state index < -0.39 is 0 Å². The van der Waals surface area contributed by atoms with Crippen LogP contribution in [0.15, 0.2) is 21.9 Å². The molecule has 0 aromatic carbocycles. The highest BCUT2D eigenvalue weighted by molar-refractivity contribution is 7.13. The van der Waals surface area contributed by atoms with Gasteiger partial charge in [-0.05, 0) is 32.2 Å². The van der Waals surface area contributed by atoms with Crippen LogP contribution in [0.2, 0.25) is 0 Å². The first-order valence-electron chi connectivity index (χ1n) is 6.83. The van der Waals surface area contributed by atoms with Crippen molar-refractivity contribution in [3.05, 3.63) is 34.5 Å². The van der Waals surface area contributed by atoms with Crippen LogP contribution in [0.25, 0.3) is 10.8 Å². The number of aromatic nitrogens is 4. The highest BCUT2D eigenvalue weighted by atomic mass is 32.1. The minimum Gasteiger partial charge on any atom is -0.403 e. The number of hydrogen-bond donors (Lipinski definition) is 1. The van der Waals surface area contributed by atoms with Gasteiger partial charge in [0.1, 0.15) is 0 Å². The Bertz CT molecular complexity index is 729. The van der Waals surface area contributed by atoms with E-state index in [1.165, 1.54) is 11.3 Å². The molecule has 0 saturated heterocycles. The first-order chi connectivity index (χ1) is 10.2. The van der Waals surface area contributed by atoms with Crippen molar-refractivity contribution in [3.8, 4) is 10.8 Å². The van der Waals surface area contributed by atoms with Crippen molar-refractivity contribution in [1.82, 2.24) is 20.0 Å². The van der Waals surface area contributed by atoms with Crippen LogP contribution in [0.1, 0.15) is 23.9 Å². The molecule has 0 aliphatic heterocycles. The zero-order chi connectivity index (χ0) is 14.8. The van der Waals surface area contributed by atoms with Gasteiger partial charge < -0.3 is 9.73 Å². The first kappa shape index (κ1) is 13.8. The molecule has 0 saturated carbocycles. The predicted molar refractivity (Wildman–Crippen MR) is 82.3 cm³/mol. The van der Waals surface area contributed by atoms with Crippen LogP contribution >= 0.6 is 11.3 Å². The zero-order valence-corrected chi connectivity index (χ0v) is 13.1. The Morgan fingerprint density at radius 3 is 2.86 bits per heavy atom. The lowest BCUT2D eigenvalue weighted by molar-refractivity contribution is 0.582. The van der Waals surface area contributed by atoms with Crippen LogP contribution in [0.3, 0.4) is 0 Å². The Morgan fingerprint density at radius 2 is 2.19 bits per heavy atom. The van der Waals surface area contributed by atoms with E-state index in [1.807, 2.05) is 29.1 Å². The third-order valence-electron chi connectivity index (χ3n) is 3.40. The normalized spacial score (nSPS) is 11.0. The Balaban J connectivity index is 1.72. The summed E-state index contributed by atoms with van der Waals surface area (Å²) in [7, 11) is 0. The Morgan fingerprint density at radius 1 is 1.33 bits per heavy atom. The van der Waals surface area contributed by atoms with Crippen LogP contribution in [0.5, 0.6) is 0 Å². The summed E-state index contributed by atoms with van der Waals surface area (Å²) in [5.74, 6) is 0.546. The molecule has 6 nitrogen and oxygen atoms in total. The minimum absolute atomic E-state index is 0.432. The summed E-state index contributed by atoms with van der Waals surface area (Å²) in [6, 6.07) is 4.35.